The minimum absolute atomic E-state index is 0.0384. The Labute approximate surface area is 87.2 Å². The predicted octanol–water partition coefficient (Wildman–Crippen LogP) is 2.69. The van der Waals surface area contributed by atoms with Gasteiger partial charge in [0.2, 0.25) is 0 Å². The fourth-order valence-electron chi connectivity index (χ4n) is 1.53. The predicted molar refractivity (Wildman–Crippen MR) is 57.4 cm³/mol. The number of aromatic nitrogens is 1. The van der Waals surface area contributed by atoms with E-state index in [-0.39, 0.29) is 6.61 Å². The third-order valence-electron chi connectivity index (χ3n) is 2.19. The molecule has 0 aliphatic heterocycles. The quantitative estimate of drug-likeness (QED) is 0.780. The summed E-state index contributed by atoms with van der Waals surface area (Å²) < 4.78 is 0. The first-order valence-corrected chi connectivity index (χ1v) is 4.75. The second kappa shape index (κ2) is 3.56. The lowest BCUT2D eigenvalue weighted by Gasteiger charge is -2.04. The highest BCUT2D eigenvalue weighted by Gasteiger charge is 2.02. The van der Waals surface area contributed by atoms with E-state index in [0.717, 1.165) is 16.5 Å². The van der Waals surface area contributed by atoms with E-state index in [2.05, 4.69) is 4.98 Å². The number of pyridine rings is 1. The Kier molecular flexibility index (Phi) is 2.40. The molecule has 0 atom stereocenters. The van der Waals surface area contributed by atoms with Gasteiger partial charge in [-0.05, 0) is 30.7 Å². The van der Waals surface area contributed by atoms with Crippen molar-refractivity contribution in [2.45, 2.75) is 13.5 Å². The third-order valence-corrected chi connectivity index (χ3v) is 2.43. The minimum atomic E-state index is -0.0384. The Morgan fingerprint density at radius 2 is 2.14 bits per heavy atom. The summed E-state index contributed by atoms with van der Waals surface area (Å²) in [6.07, 6.45) is 0. The van der Waals surface area contributed by atoms with Crippen molar-refractivity contribution in [3.8, 4) is 0 Å². The zero-order valence-corrected chi connectivity index (χ0v) is 8.54. The van der Waals surface area contributed by atoms with Gasteiger partial charge in [-0.3, -0.25) is 4.98 Å². The van der Waals surface area contributed by atoms with Crippen LogP contribution < -0.4 is 0 Å². The van der Waals surface area contributed by atoms with Crippen LogP contribution in [0.25, 0.3) is 10.9 Å². The molecule has 0 radical (unpaired) electrons. The maximum absolute atomic E-state index is 9.00. The van der Waals surface area contributed by atoms with Crippen molar-refractivity contribution >= 4 is 22.5 Å². The van der Waals surface area contributed by atoms with Gasteiger partial charge < -0.3 is 5.11 Å². The van der Waals surface area contributed by atoms with Crippen molar-refractivity contribution in [1.29, 1.82) is 0 Å². The summed E-state index contributed by atoms with van der Waals surface area (Å²) in [6.45, 7) is 1.96. The zero-order chi connectivity index (χ0) is 10.1. The minimum Gasteiger partial charge on any atom is -0.390 e. The van der Waals surface area contributed by atoms with Crippen LogP contribution >= 0.6 is 11.6 Å². The summed E-state index contributed by atoms with van der Waals surface area (Å²) >= 11 is 5.86. The number of aryl methyl sites for hydroxylation is 1. The van der Waals surface area contributed by atoms with Crippen LogP contribution in [0.4, 0.5) is 0 Å². The molecule has 2 aromatic rings. The topological polar surface area (TPSA) is 33.1 Å². The molecule has 14 heavy (non-hydrogen) atoms. The van der Waals surface area contributed by atoms with Gasteiger partial charge in [-0.25, -0.2) is 0 Å². The SMILES string of the molecule is Cc1cc(CO)nc2cc(Cl)ccc12. The van der Waals surface area contributed by atoms with Crippen LogP contribution in [-0.2, 0) is 6.61 Å². The zero-order valence-electron chi connectivity index (χ0n) is 7.79. The lowest BCUT2D eigenvalue weighted by molar-refractivity contribution is 0.277. The van der Waals surface area contributed by atoms with Gasteiger partial charge >= 0.3 is 0 Å². The van der Waals surface area contributed by atoms with Gasteiger partial charge in [-0.2, -0.15) is 0 Å². The molecule has 3 heteroatoms. The van der Waals surface area contributed by atoms with Crippen molar-refractivity contribution < 1.29 is 5.11 Å². The first-order chi connectivity index (χ1) is 6.70. The number of aliphatic hydroxyl groups excluding tert-OH is 1. The fourth-order valence-corrected chi connectivity index (χ4v) is 1.69. The molecular formula is C11H10ClNO. The number of nitrogens with zero attached hydrogens (tertiary/aromatic N) is 1. The second-order valence-electron chi connectivity index (χ2n) is 3.25. The number of halogens is 1. The summed E-state index contributed by atoms with van der Waals surface area (Å²) in [6, 6.07) is 7.48. The summed E-state index contributed by atoms with van der Waals surface area (Å²) in [7, 11) is 0. The summed E-state index contributed by atoms with van der Waals surface area (Å²) in [4.78, 5) is 4.28. The highest BCUT2D eigenvalue weighted by Crippen LogP contribution is 2.21. The number of rotatable bonds is 1. The van der Waals surface area contributed by atoms with E-state index in [1.54, 1.807) is 0 Å². The van der Waals surface area contributed by atoms with Crippen molar-refractivity contribution in [3.05, 3.63) is 40.5 Å². The molecule has 0 saturated carbocycles. The highest BCUT2D eigenvalue weighted by molar-refractivity contribution is 6.31. The number of benzene rings is 1. The summed E-state index contributed by atoms with van der Waals surface area (Å²) in [5.41, 5.74) is 2.62. The van der Waals surface area contributed by atoms with E-state index in [0.29, 0.717) is 10.7 Å². The molecule has 1 aromatic heterocycles. The van der Waals surface area contributed by atoms with Gasteiger partial charge in [-0.1, -0.05) is 17.7 Å². The van der Waals surface area contributed by atoms with Gasteiger partial charge in [0.1, 0.15) is 0 Å². The van der Waals surface area contributed by atoms with E-state index in [1.807, 2.05) is 31.2 Å². The van der Waals surface area contributed by atoms with Gasteiger partial charge in [0.15, 0.2) is 0 Å². The molecular weight excluding hydrogens is 198 g/mol. The second-order valence-corrected chi connectivity index (χ2v) is 3.69. The monoisotopic (exact) mass is 207 g/mol. The molecule has 1 aromatic carbocycles. The Bertz CT molecular complexity index is 482. The van der Waals surface area contributed by atoms with Crippen molar-refractivity contribution in [2.75, 3.05) is 0 Å². The largest absolute Gasteiger partial charge is 0.390 e. The molecule has 0 saturated heterocycles. The van der Waals surface area contributed by atoms with E-state index in [9.17, 15) is 0 Å². The molecule has 72 valence electrons. The molecule has 1 N–H and O–H groups in total. The maximum Gasteiger partial charge on any atom is 0.0853 e. The number of fused-ring (bicyclic) bond motifs is 1. The van der Waals surface area contributed by atoms with Crippen LogP contribution in [0.15, 0.2) is 24.3 Å². The summed E-state index contributed by atoms with van der Waals surface area (Å²) in [5.74, 6) is 0. The first-order valence-electron chi connectivity index (χ1n) is 4.37. The Hall–Kier alpha value is -1.12. The number of aliphatic hydroxyl groups is 1. The number of hydrogen-bond donors (Lipinski definition) is 1. The van der Waals surface area contributed by atoms with Crippen LogP contribution in [0.5, 0.6) is 0 Å². The van der Waals surface area contributed by atoms with Crippen LogP contribution in [0.1, 0.15) is 11.3 Å². The van der Waals surface area contributed by atoms with E-state index >= 15 is 0 Å². The first kappa shape index (κ1) is 9.44. The van der Waals surface area contributed by atoms with E-state index in [4.69, 9.17) is 16.7 Å². The summed E-state index contributed by atoms with van der Waals surface area (Å²) in [5, 5.41) is 10.7. The van der Waals surface area contributed by atoms with Gasteiger partial charge in [0.25, 0.3) is 0 Å². The Morgan fingerprint density at radius 1 is 1.36 bits per heavy atom. The smallest absolute Gasteiger partial charge is 0.0853 e. The van der Waals surface area contributed by atoms with E-state index < -0.39 is 0 Å². The van der Waals surface area contributed by atoms with Crippen LogP contribution in [-0.4, -0.2) is 10.1 Å². The molecule has 0 bridgehead atoms. The maximum atomic E-state index is 9.00. The van der Waals surface area contributed by atoms with Gasteiger partial charge in [0.05, 0.1) is 17.8 Å². The van der Waals surface area contributed by atoms with Crippen molar-refractivity contribution in [3.63, 3.8) is 0 Å². The lowest BCUT2D eigenvalue weighted by Crippen LogP contribution is -1.92. The van der Waals surface area contributed by atoms with E-state index in [1.165, 1.54) is 0 Å². The molecule has 0 unspecified atom stereocenters. The molecule has 0 aliphatic rings. The number of hydrogen-bond acceptors (Lipinski definition) is 2. The average Bonchev–Trinajstić information content (AvgIpc) is 2.16. The fraction of sp³-hybridized carbons (Fsp3) is 0.182. The highest BCUT2D eigenvalue weighted by atomic mass is 35.5. The molecule has 0 fully saturated rings. The molecule has 0 aliphatic carbocycles. The van der Waals surface area contributed by atoms with Crippen LogP contribution in [0.2, 0.25) is 5.02 Å². The standard InChI is InChI=1S/C11H10ClNO/c1-7-4-9(6-14)13-11-5-8(12)2-3-10(7)11/h2-5,14H,6H2,1H3. The molecule has 2 rings (SSSR count). The van der Waals surface area contributed by atoms with Gasteiger partial charge in [0, 0.05) is 10.4 Å². The lowest BCUT2D eigenvalue weighted by atomic mass is 10.1. The van der Waals surface area contributed by atoms with Crippen LogP contribution in [0, 0.1) is 6.92 Å². The Balaban J connectivity index is 2.77. The van der Waals surface area contributed by atoms with Crippen molar-refractivity contribution in [1.82, 2.24) is 4.98 Å². The van der Waals surface area contributed by atoms with Gasteiger partial charge in [-0.15, -0.1) is 0 Å². The van der Waals surface area contributed by atoms with Crippen molar-refractivity contribution in [2.24, 2.45) is 0 Å². The average molecular weight is 208 g/mol. The van der Waals surface area contributed by atoms with Crippen LogP contribution in [0.3, 0.4) is 0 Å². The normalized spacial score (nSPS) is 10.8. The molecule has 0 amide bonds. The molecule has 2 nitrogen and oxygen atoms in total. The molecule has 1 heterocycles. The molecule has 0 spiro atoms. The Morgan fingerprint density at radius 3 is 2.86 bits per heavy atom. The third kappa shape index (κ3) is 1.59.